The molecule has 0 atom stereocenters. The molecule has 2 heterocycles. The van der Waals surface area contributed by atoms with E-state index in [-0.39, 0.29) is 17.7 Å². The molecule has 21 heavy (non-hydrogen) atoms. The highest BCUT2D eigenvalue weighted by Crippen LogP contribution is 2.24. The summed E-state index contributed by atoms with van der Waals surface area (Å²) >= 11 is 0. The molecule has 0 aliphatic carbocycles. The SMILES string of the molecule is CC(C)(C#N)CCCc1cc(=O)oc2c1C(=O)NC(=O)C2. The lowest BCUT2D eigenvalue weighted by atomic mass is 9.87. The summed E-state index contributed by atoms with van der Waals surface area (Å²) in [4.78, 5) is 34.7. The van der Waals surface area contributed by atoms with Crippen molar-refractivity contribution in [2.24, 2.45) is 5.41 Å². The van der Waals surface area contributed by atoms with Crippen LogP contribution in [0.2, 0.25) is 0 Å². The first-order valence-electron chi connectivity index (χ1n) is 6.74. The molecule has 2 rings (SSSR count). The lowest BCUT2D eigenvalue weighted by Crippen LogP contribution is -2.38. The van der Waals surface area contributed by atoms with Gasteiger partial charge in [0.2, 0.25) is 5.91 Å². The third-order valence-corrected chi connectivity index (χ3v) is 3.47. The monoisotopic (exact) mass is 288 g/mol. The molecule has 0 saturated carbocycles. The van der Waals surface area contributed by atoms with Gasteiger partial charge in [-0.25, -0.2) is 4.79 Å². The minimum Gasteiger partial charge on any atom is -0.426 e. The van der Waals surface area contributed by atoms with Gasteiger partial charge in [-0.2, -0.15) is 5.26 Å². The Bertz CT molecular complexity index is 695. The first-order valence-corrected chi connectivity index (χ1v) is 6.74. The topological polar surface area (TPSA) is 100 Å². The van der Waals surface area contributed by atoms with Crippen molar-refractivity contribution in [1.82, 2.24) is 5.32 Å². The molecule has 1 N–H and O–H groups in total. The minimum atomic E-state index is -0.564. The van der Waals surface area contributed by atoms with Crippen LogP contribution in [0.25, 0.3) is 0 Å². The molecular formula is C15H16N2O4. The number of aryl methyl sites for hydroxylation is 1. The fourth-order valence-corrected chi connectivity index (χ4v) is 2.35. The molecule has 0 fully saturated rings. The highest BCUT2D eigenvalue weighted by molar-refractivity contribution is 6.09. The van der Waals surface area contributed by atoms with Gasteiger partial charge in [-0.1, -0.05) is 0 Å². The molecule has 1 aliphatic rings. The Balaban J connectivity index is 2.25. The Labute approximate surface area is 121 Å². The number of fused-ring (bicyclic) bond motifs is 1. The highest BCUT2D eigenvalue weighted by Gasteiger charge is 2.28. The summed E-state index contributed by atoms with van der Waals surface area (Å²) in [7, 11) is 0. The third-order valence-electron chi connectivity index (χ3n) is 3.47. The standard InChI is InChI=1S/C15H16N2O4/c1-15(2,8-16)5-3-4-9-6-12(19)21-10-7-11(18)17-14(20)13(9)10/h6H,3-5,7H2,1-2H3,(H,17,18,20). The Morgan fingerprint density at radius 3 is 2.76 bits per heavy atom. The van der Waals surface area contributed by atoms with Gasteiger partial charge in [-0.3, -0.25) is 14.9 Å². The summed E-state index contributed by atoms with van der Waals surface area (Å²) in [5.41, 5.74) is -0.160. The number of carbonyl (C=O) groups excluding carboxylic acids is 2. The van der Waals surface area contributed by atoms with Crippen LogP contribution in [-0.4, -0.2) is 11.8 Å². The molecule has 0 saturated heterocycles. The van der Waals surface area contributed by atoms with Crippen molar-refractivity contribution in [3.05, 3.63) is 33.4 Å². The maximum atomic E-state index is 11.9. The molecule has 6 heteroatoms. The van der Waals surface area contributed by atoms with E-state index >= 15 is 0 Å². The van der Waals surface area contributed by atoms with Crippen LogP contribution in [0.3, 0.4) is 0 Å². The Kier molecular flexibility index (Phi) is 3.94. The number of nitrogens with one attached hydrogen (secondary N) is 1. The van der Waals surface area contributed by atoms with Gasteiger partial charge in [0.25, 0.3) is 5.91 Å². The second kappa shape index (κ2) is 5.52. The number of nitriles is 1. The van der Waals surface area contributed by atoms with Gasteiger partial charge in [0, 0.05) is 6.07 Å². The maximum absolute atomic E-state index is 11.9. The largest absolute Gasteiger partial charge is 0.426 e. The van der Waals surface area contributed by atoms with E-state index < -0.39 is 22.9 Å². The van der Waals surface area contributed by atoms with Crippen LogP contribution in [0.15, 0.2) is 15.3 Å². The number of carbonyl (C=O) groups is 2. The quantitative estimate of drug-likeness (QED) is 0.842. The molecule has 0 spiro atoms. The third kappa shape index (κ3) is 3.37. The van der Waals surface area contributed by atoms with Crippen molar-refractivity contribution in [3.8, 4) is 6.07 Å². The van der Waals surface area contributed by atoms with Crippen molar-refractivity contribution < 1.29 is 14.0 Å². The number of nitrogens with zero attached hydrogens (tertiary/aromatic N) is 1. The second-order valence-electron chi connectivity index (χ2n) is 5.79. The van der Waals surface area contributed by atoms with Crippen molar-refractivity contribution in [3.63, 3.8) is 0 Å². The van der Waals surface area contributed by atoms with Gasteiger partial charge in [-0.15, -0.1) is 0 Å². The van der Waals surface area contributed by atoms with Gasteiger partial charge in [0.15, 0.2) is 0 Å². The molecule has 1 aliphatic heterocycles. The minimum absolute atomic E-state index is 0.103. The maximum Gasteiger partial charge on any atom is 0.336 e. The molecule has 2 amide bonds. The van der Waals surface area contributed by atoms with Crippen LogP contribution < -0.4 is 10.9 Å². The van der Waals surface area contributed by atoms with E-state index in [4.69, 9.17) is 9.68 Å². The van der Waals surface area contributed by atoms with Crippen LogP contribution in [-0.2, 0) is 17.6 Å². The second-order valence-corrected chi connectivity index (χ2v) is 5.79. The summed E-state index contributed by atoms with van der Waals surface area (Å²) in [6.45, 7) is 3.68. The summed E-state index contributed by atoms with van der Waals surface area (Å²) in [6.07, 6.45) is 1.70. The van der Waals surface area contributed by atoms with Crippen LogP contribution in [0, 0.1) is 16.7 Å². The Morgan fingerprint density at radius 2 is 2.10 bits per heavy atom. The van der Waals surface area contributed by atoms with E-state index in [2.05, 4.69) is 11.4 Å². The highest BCUT2D eigenvalue weighted by atomic mass is 16.4. The molecule has 0 unspecified atom stereocenters. The number of hydrogen-bond donors (Lipinski definition) is 1. The molecule has 6 nitrogen and oxygen atoms in total. The van der Waals surface area contributed by atoms with Crippen LogP contribution >= 0.6 is 0 Å². The number of amides is 2. The van der Waals surface area contributed by atoms with Crippen LogP contribution in [0.1, 0.15) is 48.4 Å². The predicted octanol–water partition coefficient (Wildman–Crippen LogP) is 1.32. The van der Waals surface area contributed by atoms with Crippen LogP contribution in [0.5, 0.6) is 0 Å². The molecule has 1 aromatic heterocycles. The van der Waals surface area contributed by atoms with Crippen molar-refractivity contribution in [2.75, 3.05) is 0 Å². The zero-order chi connectivity index (χ0) is 15.6. The Morgan fingerprint density at radius 1 is 1.38 bits per heavy atom. The fourth-order valence-electron chi connectivity index (χ4n) is 2.35. The van der Waals surface area contributed by atoms with E-state index in [0.29, 0.717) is 24.8 Å². The van der Waals surface area contributed by atoms with Crippen molar-refractivity contribution >= 4 is 11.8 Å². The molecule has 0 bridgehead atoms. The Hall–Kier alpha value is -2.42. The molecule has 0 aromatic carbocycles. The van der Waals surface area contributed by atoms with E-state index in [0.717, 1.165) is 0 Å². The zero-order valence-corrected chi connectivity index (χ0v) is 12.0. The smallest absolute Gasteiger partial charge is 0.336 e. The average Bonchev–Trinajstić information content (AvgIpc) is 2.37. The molecule has 110 valence electrons. The van der Waals surface area contributed by atoms with E-state index in [1.165, 1.54) is 6.07 Å². The van der Waals surface area contributed by atoms with Gasteiger partial charge in [0.05, 0.1) is 23.5 Å². The summed E-state index contributed by atoms with van der Waals surface area (Å²) in [5, 5.41) is 11.2. The predicted molar refractivity (Wildman–Crippen MR) is 73.5 cm³/mol. The number of imide groups is 1. The van der Waals surface area contributed by atoms with E-state index in [9.17, 15) is 14.4 Å². The average molecular weight is 288 g/mol. The van der Waals surface area contributed by atoms with E-state index in [1.807, 2.05) is 13.8 Å². The summed E-state index contributed by atoms with van der Waals surface area (Å²) < 4.78 is 4.96. The lowest BCUT2D eigenvalue weighted by Gasteiger charge is -2.18. The normalized spacial score (nSPS) is 14.3. The summed E-state index contributed by atoms with van der Waals surface area (Å²) in [6, 6.07) is 3.50. The first kappa shape index (κ1) is 15.0. The van der Waals surface area contributed by atoms with Gasteiger partial charge in [0.1, 0.15) is 5.76 Å². The van der Waals surface area contributed by atoms with E-state index in [1.54, 1.807) is 0 Å². The summed E-state index contributed by atoms with van der Waals surface area (Å²) in [5.74, 6) is -0.872. The van der Waals surface area contributed by atoms with Crippen LogP contribution in [0.4, 0.5) is 0 Å². The first-order chi connectivity index (χ1) is 9.82. The lowest BCUT2D eigenvalue weighted by molar-refractivity contribution is -0.120. The van der Waals surface area contributed by atoms with Gasteiger partial charge in [-0.05, 0) is 38.7 Å². The number of hydrogen-bond acceptors (Lipinski definition) is 5. The van der Waals surface area contributed by atoms with Crippen molar-refractivity contribution in [2.45, 2.75) is 39.5 Å². The zero-order valence-electron chi connectivity index (χ0n) is 12.0. The number of rotatable bonds is 4. The fraction of sp³-hybridized carbons (Fsp3) is 0.467. The molecule has 0 radical (unpaired) electrons. The van der Waals surface area contributed by atoms with Gasteiger partial charge < -0.3 is 4.42 Å². The van der Waals surface area contributed by atoms with Crippen molar-refractivity contribution in [1.29, 1.82) is 5.26 Å². The van der Waals surface area contributed by atoms with Gasteiger partial charge >= 0.3 is 5.63 Å². The molecular weight excluding hydrogens is 272 g/mol. The molecule has 1 aromatic rings.